The molecule has 1 aromatic rings. The Kier molecular flexibility index (Phi) is 6.36. The predicted molar refractivity (Wildman–Crippen MR) is 69.9 cm³/mol. The van der Waals surface area contributed by atoms with Crippen LogP contribution in [0, 0.1) is 0 Å². The van der Waals surface area contributed by atoms with Crippen molar-refractivity contribution in [1.29, 1.82) is 0 Å². The fraction of sp³-hybridized carbons (Fsp3) is 0.364. The van der Waals surface area contributed by atoms with E-state index >= 15 is 0 Å². The molecule has 1 rings (SSSR count). The molecule has 0 unspecified atom stereocenters. The average Bonchev–Trinajstić information content (AvgIpc) is 2.28. The maximum atomic E-state index is 12.1. The number of hydrogen-bond donors (Lipinski definition) is 1. The van der Waals surface area contributed by atoms with Crippen LogP contribution in [0.25, 0.3) is 0 Å². The lowest BCUT2D eigenvalue weighted by atomic mass is 10.3. The number of halogens is 2. The fourth-order valence-electron chi connectivity index (χ4n) is 1.14. The minimum absolute atomic E-state index is 0.0615. The molecule has 0 spiro atoms. The van der Waals surface area contributed by atoms with Crippen LogP contribution in [0.3, 0.4) is 0 Å². The maximum absolute atomic E-state index is 12.1. The summed E-state index contributed by atoms with van der Waals surface area (Å²) in [6, 6.07) is 6.39. The van der Waals surface area contributed by atoms with Gasteiger partial charge in [0.2, 0.25) is 5.91 Å². The zero-order chi connectivity index (χ0) is 12.7. The summed E-state index contributed by atoms with van der Waals surface area (Å²) >= 11 is 2.09. The van der Waals surface area contributed by atoms with Gasteiger partial charge in [-0.15, -0.1) is 0 Å². The Labute approximate surface area is 108 Å². The van der Waals surface area contributed by atoms with Crippen LogP contribution in [0.5, 0.6) is 0 Å². The monoisotopic (exact) mass is 277 g/mol. The van der Waals surface area contributed by atoms with Crippen molar-refractivity contribution < 1.29 is 13.6 Å². The third-order valence-corrected chi connectivity index (χ3v) is 3.23. The van der Waals surface area contributed by atoms with Gasteiger partial charge in [0.05, 0.1) is 0 Å². The molecule has 0 aliphatic heterocycles. The molecular formula is C11H13F2NOS2. The zero-order valence-electron chi connectivity index (χ0n) is 9.28. The van der Waals surface area contributed by atoms with Gasteiger partial charge in [0.1, 0.15) is 0 Å². The smallest absolute Gasteiger partial charge is 0.288 e. The molecule has 0 saturated carbocycles. The molecule has 6 heteroatoms. The summed E-state index contributed by atoms with van der Waals surface area (Å²) in [5.41, 5.74) is 0.634. The van der Waals surface area contributed by atoms with Crippen molar-refractivity contribution in [3.05, 3.63) is 24.3 Å². The normalized spacial score (nSPS) is 10.6. The Bertz CT molecular complexity index is 357. The summed E-state index contributed by atoms with van der Waals surface area (Å²) in [5.74, 6) is -1.71. The number of thioether (sulfide) groups is 2. The molecule has 94 valence electrons. The van der Waals surface area contributed by atoms with Crippen LogP contribution in [0.15, 0.2) is 29.2 Å². The molecule has 0 heterocycles. The lowest BCUT2D eigenvalue weighted by Gasteiger charge is -2.05. The number of carbonyl (C=O) groups is 1. The number of hydrogen-bond acceptors (Lipinski definition) is 3. The first-order valence-corrected chi connectivity index (χ1v) is 7.23. The van der Waals surface area contributed by atoms with Gasteiger partial charge in [0.25, 0.3) is 5.76 Å². The third kappa shape index (κ3) is 5.93. The highest BCUT2D eigenvalue weighted by molar-refractivity contribution is 7.99. The number of rotatable bonds is 6. The Morgan fingerprint density at radius 3 is 2.53 bits per heavy atom. The molecule has 0 aromatic heterocycles. The van der Waals surface area contributed by atoms with E-state index in [1.807, 2.05) is 6.26 Å². The second-order valence-corrected chi connectivity index (χ2v) is 5.24. The minimum atomic E-state index is -2.42. The Balaban J connectivity index is 2.47. The lowest BCUT2D eigenvalue weighted by molar-refractivity contribution is -0.115. The summed E-state index contributed by atoms with van der Waals surface area (Å²) < 4.78 is 24.1. The van der Waals surface area contributed by atoms with Crippen molar-refractivity contribution in [2.24, 2.45) is 0 Å². The summed E-state index contributed by atoms with van der Waals surface area (Å²) in [7, 11) is 0. The van der Waals surface area contributed by atoms with E-state index in [-0.39, 0.29) is 5.91 Å². The number of alkyl halides is 2. The number of nitrogens with one attached hydrogen (secondary N) is 1. The second kappa shape index (κ2) is 7.55. The molecular weight excluding hydrogens is 264 g/mol. The zero-order valence-corrected chi connectivity index (χ0v) is 10.9. The molecule has 0 aliphatic carbocycles. The number of benzene rings is 1. The van der Waals surface area contributed by atoms with Crippen LogP contribution < -0.4 is 5.32 Å². The minimum Gasteiger partial charge on any atom is -0.326 e. The molecule has 0 aliphatic rings. The van der Waals surface area contributed by atoms with E-state index in [1.165, 1.54) is 0 Å². The van der Waals surface area contributed by atoms with Crippen LogP contribution in [-0.4, -0.2) is 23.7 Å². The van der Waals surface area contributed by atoms with Gasteiger partial charge in [-0.1, -0.05) is 11.8 Å². The maximum Gasteiger partial charge on any atom is 0.288 e. The predicted octanol–water partition coefficient (Wildman–Crippen LogP) is 3.69. The molecule has 0 radical (unpaired) electrons. The fourth-order valence-corrected chi connectivity index (χ4v) is 2.03. The van der Waals surface area contributed by atoms with Gasteiger partial charge in [-0.05, 0) is 30.5 Å². The lowest BCUT2D eigenvalue weighted by Crippen LogP contribution is -2.11. The highest BCUT2D eigenvalue weighted by atomic mass is 32.2. The Morgan fingerprint density at radius 2 is 2.00 bits per heavy atom. The topological polar surface area (TPSA) is 29.1 Å². The van der Waals surface area contributed by atoms with Gasteiger partial charge in [-0.3, -0.25) is 4.79 Å². The van der Waals surface area contributed by atoms with Gasteiger partial charge in [-0.2, -0.15) is 20.5 Å². The van der Waals surface area contributed by atoms with E-state index < -0.39 is 5.76 Å². The molecule has 0 saturated heterocycles. The highest BCUT2D eigenvalue weighted by Gasteiger charge is 2.05. The number of anilines is 1. The van der Waals surface area contributed by atoms with Gasteiger partial charge < -0.3 is 5.32 Å². The van der Waals surface area contributed by atoms with Crippen LogP contribution in [0.2, 0.25) is 0 Å². The van der Waals surface area contributed by atoms with Crippen LogP contribution in [0.1, 0.15) is 6.42 Å². The molecule has 0 bridgehead atoms. The highest BCUT2D eigenvalue weighted by Crippen LogP contribution is 2.26. The van der Waals surface area contributed by atoms with Gasteiger partial charge in [-0.25, -0.2) is 0 Å². The molecule has 1 amide bonds. The van der Waals surface area contributed by atoms with E-state index in [0.29, 0.717) is 28.8 Å². The van der Waals surface area contributed by atoms with E-state index in [2.05, 4.69) is 5.32 Å². The largest absolute Gasteiger partial charge is 0.326 e. The third-order valence-electron chi connectivity index (χ3n) is 1.90. The second-order valence-electron chi connectivity index (χ2n) is 3.19. The summed E-state index contributed by atoms with van der Waals surface area (Å²) in [5, 5.41) is 2.71. The van der Waals surface area contributed by atoms with E-state index in [0.717, 1.165) is 5.75 Å². The van der Waals surface area contributed by atoms with Crippen molar-refractivity contribution >= 4 is 35.1 Å². The van der Waals surface area contributed by atoms with Crippen molar-refractivity contribution in [3.8, 4) is 0 Å². The molecule has 17 heavy (non-hydrogen) atoms. The molecule has 0 atom stereocenters. The first kappa shape index (κ1) is 14.3. The number of carbonyl (C=O) groups excluding carboxylic acids is 1. The molecule has 2 nitrogen and oxygen atoms in total. The van der Waals surface area contributed by atoms with Gasteiger partial charge >= 0.3 is 0 Å². The van der Waals surface area contributed by atoms with E-state index in [4.69, 9.17) is 0 Å². The Morgan fingerprint density at radius 1 is 1.35 bits per heavy atom. The summed E-state index contributed by atoms with van der Waals surface area (Å²) in [4.78, 5) is 11.9. The molecule has 1 aromatic carbocycles. The summed E-state index contributed by atoms with van der Waals surface area (Å²) in [6.45, 7) is 0. The van der Waals surface area contributed by atoms with Crippen molar-refractivity contribution in [1.82, 2.24) is 0 Å². The average molecular weight is 277 g/mol. The first-order chi connectivity index (χ1) is 8.11. The quantitative estimate of drug-likeness (QED) is 0.804. The van der Waals surface area contributed by atoms with E-state index in [1.54, 1.807) is 36.0 Å². The van der Waals surface area contributed by atoms with Crippen molar-refractivity contribution in [2.75, 3.05) is 17.3 Å². The number of amides is 1. The van der Waals surface area contributed by atoms with Crippen molar-refractivity contribution in [3.63, 3.8) is 0 Å². The molecule has 0 fully saturated rings. The van der Waals surface area contributed by atoms with Crippen molar-refractivity contribution in [2.45, 2.75) is 17.1 Å². The van der Waals surface area contributed by atoms with Gasteiger partial charge in [0.15, 0.2) is 0 Å². The van der Waals surface area contributed by atoms with Crippen LogP contribution in [0.4, 0.5) is 14.5 Å². The SMILES string of the molecule is CSCCC(=O)Nc1ccc(SC(F)F)cc1. The van der Waals surface area contributed by atoms with Gasteiger partial charge in [0, 0.05) is 22.8 Å². The van der Waals surface area contributed by atoms with Crippen LogP contribution >= 0.6 is 23.5 Å². The van der Waals surface area contributed by atoms with E-state index in [9.17, 15) is 13.6 Å². The standard InChI is InChI=1S/C11H13F2NOS2/c1-16-7-6-10(15)14-8-2-4-9(5-3-8)17-11(12)13/h2-5,11H,6-7H2,1H3,(H,14,15). The first-order valence-electron chi connectivity index (χ1n) is 4.95. The summed E-state index contributed by atoms with van der Waals surface area (Å²) in [6.07, 6.45) is 2.39. The molecule has 1 N–H and O–H groups in total. The van der Waals surface area contributed by atoms with Crippen LogP contribution in [-0.2, 0) is 4.79 Å². The Hall–Kier alpha value is -0.750.